The molecule has 3 N–H and O–H groups in total. The van der Waals surface area contributed by atoms with Crippen molar-refractivity contribution < 1.29 is 17.9 Å². The van der Waals surface area contributed by atoms with Crippen molar-refractivity contribution in [1.82, 2.24) is 5.32 Å². The minimum Gasteiger partial charge on any atom is -0.376 e. The number of fused-ring (bicyclic) bond motifs is 1. The van der Waals surface area contributed by atoms with Gasteiger partial charge in [0, 0.05) is 24.8 Å². The monoisotopic (exact) mass is 276 g/mol. The fourth-order valence-corrected chi connectivity index (χ4v) is 2.82. The van der Waals surface area contributed by atoms with Gasteiger partial charge in [-0.25, -0.2) is 8.42 Å². The molecule has 0 aromatic carbocycles. The normalized spacial score (nSPS) is 35.8. The SMILES string of the molecule is CC(C)(C(=O)NC1C(N)C2CCOC21)S(C)(=O)=O. The van der Waals surface area contributed by atoms with Gasteiger partial charge in [0.1, 0.15) is 4.75 Å². The highest BCUT2D eigenvalue weighted by Gasteiger charge is 2.54. The van der Waals surface area contributed by atoms with Crippen molar-refractivity contribution in [2.45, 2.75) is 43.2 Å². The molecule has 18 heavy (non-hydrogen) atoms. The molecule has 2 aliphatic rings. The smallest absolute Gasteiger partial charge is 0.241 e. The van der Waals surface area contributed by atoms with Gasteiger partial charge < -0.3 is 15.8 Å². The lowest BCUT2D eigenvalue weighted by Crippen LogP contribution is -2.70. The minimum absolute atomic E-state index is 0.0562. The maximum Gasteiger partial charge on any atom is 0.241 e. The van der Waals surface area contributed by atoms with Crippen molar-refractivity contribution in [2.24, 2.45) is 11.7 Å². The van der Waals surface area contributed by atoms with Crippen LogP contribution in [0.3, 0.4) is 0 Å². The second-order valence-electron chi connectivity index (χ2n) is 5.65. The molecule has 6 nitrogen and oxygen atoms in total. The Balaban J connectivity index is 2.05. The largest absolute Gasteiger partial charge is 0.376 e. The highest BCUT2D eigenvalue weighted by molar-refractivity contribution is 7.92. The molecule has 0 bridgehead atoms. The topological polar surface area (TPSA) is 98.5 Å². The molecule has 1 saturated carbocycles. The predicted octanol–water partition coefficient (Wildman–Crippen LogP) is -0.960. The average Bonchev–Trinajstić information content (AvgIpc) is 2.68. The first-order chi connectivity index (χ1) is 8.16. The third-order valence-corrected chi connectivity index (χ3v) is 6.26. The van der Waals surface area contributed by atoms with Crippen molar-refractivity contribution in [3.05, 3.63) is 0 Å². The number of rotatable bonds is 3. The van der Waals surface area contributed by atoms with E-state index in [0.717, 1.165) is 12.7 Å². The molecule has 0 radical (unpaired) electrons. The molecule has 104 valence electrons. The minimum atomic E-state index is -3.46. The Labute approximate surface area is 107 Å². The highest BCUT2D eigenvalue weighted by atomic mass is 32.2. The Morgan fingerprint density at radius 3 is 2.61 bits per heavy atom. The third-order valence-electron chi connectivity index (χ3n) is 4.22. The molecule has 2 rings (SSSR count). The Hall–Kier alpha value is -0.660. The van der Waals surface area contributed by atoms with E-state index in [1.807, 2.05) is 0 Å². The second kappa shape index (κ2) is 4.18. The van der Waals surface area contributed by atoms with Gasteiger partial charge in [-0.1, -0.05) is 0 Å². The van der Waals surface area contributed by atoms with Gasteiger partial charge in [-0.15, -0.1) is 0 Å². The molecule has 0 aromatic heterocycles. The summed E-state index contributed by atoms with van der Waals surface area (Å²) in [6.45, 7) is 3.45. The van der Waals surface area contributed by atoms with E-state index in [1.165, 1.54) is 13.8 Å². The first-order valence-electron chi connectivity index (χ1n) is 6.04. The predicted molar refractivity (Wildman–Crippen MR) is 66.7 cm³/mol. The molecule has 1 heterocycles. The number of amides is 1. The van der Waals surface area contributed by atoms with Crippen LogP contribution in [0.4, 0.5) is 0 Å². The first-order valence-corrected chi connectivity index (χ1v) is 7.93. The molecule has 1 aliphatic carbocycles. The summed E-state index contributed by atoms with van der Waals surface area (Å²) in [4.78, 5) is 12.0. The lowest BCUT2D eigenvalue weighted by molar-refractivity contribution is -0.127. The molecule has 7 heteroatoms. The quantitative estimate of drug-likeness (QED) is 0.692. The number of nitrogens with one attached hydrogen (secondary N) is 1. The summed E-state index contributed by atoms with van der Waals surface area (Å²) < 4.78 is 27.2. The second-order valence-corrected chi connectivity index (χ2v) is 8.21. The molecular weight excluding hydrogens is 256 g/mol. The summed E-state index contributed by atoms with van der Waals surface area (Å²) in [5.74, 6) is -0.226. The van der Waals surface area contributed by atoms with Gasteiger partial charge in [0.15, 0.2) is 9.84 Å². The fourth-order valence-electron chi connectivity index (χ4n) is 2.42. The number of hydrogen-bond donors (Lipinski definition) is 2. The highest BCUT2D eigenvalue weighted by Crippen LogP contribution is 2.38. The van der Waals surface area contributed by atoms with Gasteiger partial charge in [-0.2, -0.15) is 0 Å². The zero-order chi connectivity index (χ0) is 13.7. The van der Waals surface area contributed by atoms with Crippen LogP contribution in [0.15, 0.2) is 0 Å². The molecule has 4 atom stereocenters. The van der Waals surface area contributed by atoms with Crippen LogP contribution >= 0.6 is 0 Å². The molecule has 1 saturated heterocycles. The lowest BCUT2D eigenvalue weighted by Gasteiger charge is -2.46. The number of sulfone groups is 1. The molecular formula is C11H20N2O4S. The van der Waals surface area contributed by atoms with Crippen molar-refractivity contribution in [1.29, 1.82) is 0 Å². The van der Waals surface area contributed by atoms with Gasteiger partial charge in [-0.3, -0.25) is 4.79 Å². The number of ether oxygens (including phenoxy) is 1. The van der Waals surface area contributed by atoms with E-state index in [9.17, 15) is 13.2 Å². The first kappa shape index (κ1) is 13.8. The van der Waals surface area contributed by atoms with Crippen LogP contribution in [0.1, 0.15) is 20.3 Å². The van der Waals surface area contributed by atoms with Crippen LogP contribution in [0.25, 0.3) is 0 Å². The van der Waals surface area contributed by atoms with Crippen LogP contribution in [-0.4, -0.2) is 50.1 Å². The molecule has 1 amide bonds. The zero-order valence-electron chi connectivity index (χ0n) is 10.8. The number of hydrogen-bond acceptors (Lipinski definition) is 5. The van der Waals surface area contributed by atoms with Crippen LogP contribution in [0.5, 0.6) is 0 Å². The zero-order valence-corrected chi connectivity index (χ0v) is 11.7. The van der Waals surface area contributed by atoms with Crippen molar-refractivity contribution in [3.63, 3.8) is 0 Å². The summed E-state index contributed by atoms with van der Waals surface area (Å²) in [5, 5.41) is 2.72. The molecule has 4 unspecified atom stereocenters. The van der Waals surface area contributed by atoms with E-state index in [0.29, 0.717) is 6.61 Å². The Morgan fingerprint density at radius 1 is 1.44 bits per heavy atom. The van der Waals surface area contributed by atoms with Gasteiger partial charge in [0.25, 0.3) is 0 Å². The summed E-state index contributed by atoms with van der Waals surface area (Å²) in [6.07, 6.45) is 1.91. The van der Waals surface area contributed by atoms with E-state index in [4.69, 9.17) is 10.5 Å². The third kappa shape index (κ3) is 1.94. The van der Waals surface area contributed by atoms with E-state index >= 15 is 0 Å². The van der Waals surface area contributed by atoms with Crippen molar-refractivity contribution in [3.8, 4) is 0 Å². The van der Waals surface area contributed by atoms with E-state index < -0.39 is 20.5 Å². The molecule has 2 fully saturated rings. The van der Waals surface area contributed by atoms with Crippen LogP contribution < -0.4 is 11.1 Å². The average molecular weight is 276 g/mol. The summed E-state index contributed by atoms with van der Waals surface area (Å²) in [5.41, 5.74) is 5.96. The lowest BCUT2D eigenvalue weighted by atomic mass is 9.72. The van der Waals surface area contributed by atoms with Crippen molar-refractivity contribution in [2.75, 3.05) is 12.9 Å². The standard InChI is InChI=1S/C11H20N2O4S/c1-11(2,18(3,15)16)10(14)13-8-7(12)6-4-5-17-9(6)8/h6-9H,4-5,12H2,1-3H3,(H,13,14). The van der Waals surface area contributed by atoms with Gasteiger partial charge in [0.2, 0.25) is 5.91 Å². The Bertz CT molecular complexity index is 460. The van der Waals surface area contributed by atoms with Crippen LogP contribution in [0.2, 0.25) is 0 Å². The van der Waals surface area contributed by atoms with Crippen LogP contribution in [0, 0.1) is 5.92 Å². The van der Waals surface area contributed by atoms with E-state index in [2.05, 4.69) is 5.32 Å². The Morgan fingerprint density at radius 2 is 2.06 bits per heavy atom. The van der Waals surface area contributed by atoms with Gasteiger partial charge in [0.05, 0.1) is 12.1 Å². The number of carbonyl (C=O) groups is 1. The summed E-state index contributed by atoms with van der Waals surface area (Å²) >= 11 is 0. The number of carbonyl (C=O) groups excluding carboxylic acids is 1. The van der Waals surface area contributed by atoms with E-state index in [-0.39, 0.29) is 24.1 Å². The fraction of sp³-hybridized carbons (Fsp3) is 0.909. The maximum absolute atomic E-state index is 12.0. The van der Waals surface area contributed by atoms with Gasteiger partial charge in [-0.05, 0) is 20.3 Å². The summed E-state index contributed by atoms with van der Waals surface area (Å²) in [7, 11) is -3.46. The van der Waals surface area contributed by atoms with Crippen molar-refractivity contribution >= 4 is 15.7 Å². The Kier molecular flexibility index (Phi) is 3.19. The van der Waals surface area contributed by atoms with Crippen LogP contribution in [-0.2, 0) is 19.4 Å². The van der Waals surface area contributed by atoms with Gasteiger partial charge >= 0.3 is 0 Å². The summed E-state index contributed by atoms with van der Waals surface area (Å²) in [6, 6.07) is -0.414. The molecule has 0 spiro atoms. The maximum atomic E-state index is 12.0. The number of nitrogens with two attached hydrogens (primary N) is 1. The molecule has 1 aliphatic heterocycles. The molecule has 0 aromatic rings. The van der Waals surface area contributed by atoms with E-state index in [1.54, 1.807) is 0 Å².